The molecule has 1 aromatic carbocycles. The Kier molecular flexibility index (Phi) is 4.71. The van der Waals surface area contributed by atoms with Crippen molar-refractivity contribution >= 4 is 16.7 Å². The van der Waals surface area contributed by atoms with Crippen molar-refractivity contribution in [1.82, 2.24) is 20.1 Å². The fourth-order valence-corrected chi connectivity index (χ4v) is 3.80. The van der Waals surface area contributed by atoms with Crippen LogP contribution in [0.5, 0.6) is 0 Å². The van der Waals surface area contributed by atoms with E-state index in [2.05, 4.69) is 15.4 Å². The van der Waals surface area contributed by atoms with Crippen molar-refractivity contribution in [3.05, 3.63) is 70.4 Å². The van der Waals surface area contributed by atoms with Crippen molar-refractivity contribution in [3.63, 3.8) is 0 Å². The third-order valence-corrected chi connectivity index (χ3v) is 5.22. The zero-order valence-electron chi connectivity index (χ0n) is 15.3. The van der Waals surface area contributed by atoms with Crippen LogP contribution in [0.25, 0.3) is 10.8 Å². The van der Waals surface area contributed by atoms with Gasteiger partial charge >= 0.3 is 0 Å². The zero-order chi connectivity index (χ0) is 18.8. The highest BCUT2D eigenvalue weighted by Crippen LogP contribution is 2.27. The van der Waals surface area contributed by atoms with Crippen molar-refractivity contribution in [2.75, 3.05) is 0 Å². The van der Waals surface area contributed by atoms with Crippen LogP contribution in [0.2, 0.25) is 0 Å². The van der Waals surface area contributed by atoms with E-state index in [-0.39, 0.29) is 23.6 Å². The predicted molar refractivity (Wildman–Crippen MR) is 104 cm³/mol. The first-order valence-corrected chi connectivity index (χ1v) is 9.33. The van der Waals surface area contributed by atoms with Crippen molar-refractivity contribution in [2.45, 2.75) is 44.7 Å². The van der Waals surface area contributed by atoms with Crippen LogP contribution in [-0.4, -0.2) is 26.7 Å². The standard InChI is InChI=1S/C21H22N4O2/c1-14-6-11-19(26)25(24-14)17-9-7-16(8-10-17)23-21(27)20-18-5-3-2-4-15(18)12-13-22-20/h2-6,11-13,16-17H,7-10H2,1H3,(H,23,27). The number of benzene rings is 1. The number of hydrogen-bond donors (Lipinski definition) is 1. The average Bonchev–Trinajstić information content (AvgIpc) is 2.70. The van der Waals surface area contributed by atoms with E-state index in [1.807, 2.05) is 37.3 Å². The number of fused-ring (bicyclic) bond motifs is 1. The second-order valence-electron chi connectivity index (χ2n) is 7.12. The molecule has 1 aliphatic rings. The quantitative estimate of drug-likeness (QED) is 0.777. The summed E-state index contributed by atoms with van der Waals surface area (Å²) in [6, 6.07) is 13.2. The molecule has 1 saturated carbocycles. The lowest BCUT2D eigenvalue weighted by Crippen LogP contribution is -2.40. The Labute approximate surface area is 157 Å². The molecule has 0 atom stereocenters. The van der Waals surface area contributed by atoms with Crippen LogP contribution >= 0.6 is 0 Å². The number of nitrogens with one attached hydrogen (secondary N) is 1. The summed E-state index contributed by atoms with van der Waals surface area (Å²) in [6.45, 7) is 1.89. The minimum absolute atomic E-state index is 0.0620. The Morgan fingerprint density at radius 2 is 1.85 bits per heavy atom. The number of rotatable bonds is 3. The van der Waals surface area contributed by atoms with E-state index >= 15 is 0 Å². The van der Waals surface area contributed by atoms with E-state index in [0.29, 0.717) is 5.69 Å². The summed E-state index contributed by atoms with van der Waals surface area (Å²) in [7, 11) is 0. The normalized spacial score (nSPS) is 19.7. The van der Waals surface area contributed by atoms with Gasteiger partial charge in [0.05, 0.1) is 11.7 Å². The van der Waals surface area contributed by atoms with Crippen LogP contribution in [0.15, 0.2) is 53.5 Å². The van der Waals surface area contributed by atoms with E-state index in [4.69, 9.17) is 0 Å². The molecule has 3 aromatic rings. The lowest BCUT2D eigenvalue weighted by Gasteiger charge is -2.29. The van der Waals surface area contributed by atoms with Crippen LogP contribution in [0, 0.1) is 6.92 Å². The molecule has 0 aliphatic heterocycles. The fourth-order valence-electron chi connectivity index (χ4n) is 3.80. The van der Waals surface area contributed by atoms with Crippen LogP contribution < -0.4 is 10.9 Å². The van der Waals surface area contributed by atoms with Gasteiger partial charge in [-0.3, -0.25) is 14.6 Å². The van der Waals surface area contributed by atoms with Crippen LogP contribution in [0.4, 0.5) is 0 Å². The van der Waals surface area contributed by atoms with Crippen molar-refractivity contribution in [1.29, 1.82) is 0 Å². The Morgan fingerprint density at radius 1 is 1.07 bits per heavy atom. The minimum atomic E-state index is -0.138. The van der Waals surface area contributed by atoms with Crippen molar-refractivity contribution in [2.24, 2.45) is 0 Å². The Bertz CT molecular complexity index is 1030. The van der Waals surface area contributed by atoms with Crippen LogP contribution in [-0.2, 0) is 0 Å². The molecule has 4 rings (SSSR count). The lowest BCUT2D eigenvalue weighted by atomic mass is 9.91. The molecule has 0 spiro atoms. The minimum Gasteiger partial charge on any atom is -0.348 e. The predicted octanol–water partition coefficient (Wildman–Crippen LogP) is 3.01. The fraction of sp³-hybridized carbons (Fsp3) is 0.333. The molecule has 1 amide bonds. The third kappa shape index (κ3) is 3.60. The number of hydrogen-bond acceptors (Lipinski definition) is 4. The van der Waals surface area contributed by atoms with Gasteiger partial charge in [0.15, 0.2) is 0 Å². The first-order valence-electron chi connectivity index (χ1n) is 9.33. The summed E-state index contributed by atoms with van der Waals surface area (Å²) < 4.78 is 1.60. The summed E-state index contributed by atoms with van der Waals surface area (Å²) in [5, 5.41) is 9.36. The van der Waals surface area contributed by atoms with Crippen LogP contribution in [0.1, 0.15) is 47.9 Å². The second kappa shape index (κ2) is 7.31. The maximum atomic E-state index is 12.7. The first-order chi connectivity index (χ1) is 13.1. The molecule has 2 aromatic heterocycles. The number of carbonyl (C=O) groups excluding carboxylic acids is 1. The van der Waals surface area contributed by atoms with E-state index in [1.54, 1.807) is 23.0 Å². The summed E-state index contributed by atoms with van der Waals surface area (Å²) >= 11 is 0. The molecule has 1 N–H and O–H groups in total. The van der Waals surface area contributed by atoms with Gasteiger partial charge in [0.1, 0.15) is 5.69 Å². The number of nitrogens with zero attached hydrogens (tertiary/aromatic N) is 3. The van der Waals surface area contributed by atoms with E-state index in [9.17, 15) is 9.59 Å². The molecular formula is C21H22N4O2. The molecule has 0 saturated heterocycles. The summed E-state index contributed by atoms with van der Waals surface area (Å²) in [5.41, 5.74) is 1.24. The van der Waals surface area contributed by atoms with E-state index < -0.39 is 0 Å². The van der Waals surface area contributed by atoms with Crippen LogP contribution in [0.3, 0.4) is 0 Å². The number of pyridine rings is 1. The van der Waals surface area contributed by atoms with Gasteiger partial charge in [-0.1, -0.05) is 24.3 Å². The molecule has 0 unspecified atom stereocenters. The molecule has 1 aliphatic carbocycles. The maximum Gasteiger partial charge on any atom is 0.270 e. The molecule has 27 heavy (non-hydrogen) atoms. The monoisotopic (exact) mass is 362 g/mol. The van der Waals surface area contributed by atoms with Gasteiger partial charge in [0, 0.05) is 23.7 Å². The Hall–Kier alpha value is -3.02. The summed E-state index contributed by atoms with van der Waals surface area (Å²) in [5.74, 6) is -0.138. The molecule has 1 fully saturated rings. The van der Waals surface area contributed by atoms with Gasteiger partial charge in [0.2, 0.25) is 0 Å². The van der Waals surface area contributed by atoms with Gasteiger partial charge in [-0.05, 0) is 50.1 Å². The number of carbonyl (C=O) groups is 1. The number of amides is 1. The molecule has 138 valence electrons. The summed E-state index contributed by atoms with van der Waals surface area (Å²) in [4.78, 5) is 29.1. The van der Waals surface area contributed by atoms with Gasteiger partial charge in [-0.15, -0.1) is 0 Å². The van der Waals surface area contributed by atoms with E-state index in [0.717, 1.165) is 42.1 Å². The number of aromatic nitrogens is 3. The Morgan fingerprint density at radius 3 is 2.67 bits per heavy atom. The van der Waals surface area contributed by atoms with Gasteiger partial charge in [-0.2, -0.15) is 5.10 Å². The lowest BCUT2D eigenvalue weighted by molar-refractivity contribution is 0.0918. The average molecular weight is 362 g/mol. The molecule has 2 heterocycles. The zero-order valence-corrected chi connectivity index (χ0v) is 15.3. The highest BCUT2D eigenvalue weighted by atomic mass is 16.2. The van der Waals surface area contributed by atoms with Gasteiger partial charge < -0.3 is 5.32 Å². The highest BCUT2D eigenvalue weighted by Gasteiger charge is 2.25. The smallest absolute Gasteiger partial charge is 0.270 e. The maximum absolute atomic E-state index is 12.7. The topological polar surface area (TPSA) is 76.9 Å². The van der Waals surface area contributed by atoms with Gasteiger partial charge in [0.25, 0.3) is 11.5 Å². The second-order valence-corrected chi connectivity index (χ2v) is 7.12. The van der Waals surface area contributed by atoms with Gasteiger partial charge in [-0.25, -0.2) is 4.68 Å². The van der Waals surface area contributed by atoms with Crippen molar-refractivity contribution < 1.29 is 4.79 Å². The molecule has 0 bridgehead atoms. The molecule has 0 radical (unpaired) electrons. The van der Waals surface area contributed by atoms with Crippen molar-refractivity contribution in [3.8, 4) is 0 Å². The first kappa shape index (κ1) is 17.4. The van der Waals surface area contributed by atoms with E-state index in [1.165, 1.54) is 0 Å². The number of aryl methyl sites for hydroxylation is 1. The molecule has 6 heteroatoms. The largest absolute Gasteiger partial charge is 0.348 e. The Balaban J connectivity index is 1.44. The SMILES string of the molecule is Cc1ccc(=O)n(C2CCC(NC(=O)c3nccc4ccccc34)CC2)n1. The molecular weight excluding hydrogens is 340 g/mol. The summed E-state index contributed by atoms with van der Waals surface area (Å²) in [6.07, 6.45) is 4.96. The highest BCUT2D eigenvalue weighted by molar-refractivity contribution is 6.05. The molecule has 6 nitrogen and oxygen atoms in total. The third-order valence-electron chi connectivity index (χ3n) is 5.22.